The number of benzene rings is 2. The van der Waals surface area contributed by atoms with Crippen molar-refractivity contribution in [3.05, 3.63) is 54.1 Å². The summed E-state index contributed by atoms with van der Waals surface area (Å²) >= 11 is 0. The summed E-state index contributed by atoms with van der Waals surface area (Å²) in [6, 6.07) is 15.6. The molecule has 42 heavy (non-hydrogen) atoms. The molecule has 1 amide bonds. The van der Waals surface area contributed by atoms with Crippen molar-refractivity contribution in [3.63, 3.8) is 0 Å². The Bertz CT molecular complexity index is 1240. The quantitative estimate of drug-likeness (QED) is 0.325. The van der Waals surface area contributed by atoms with E-state index in [-0.39, 0.29) is 37.1 Å². The van der Waals surface area contributed by atoms with Crippen molar-refractivity contribution in [2.24, 2.45) is 22.6 Å². The number of para-hydroxylation sites is 1. The van der Waals surface area contributed by atoms with E-state index in [2.05, 4.69) is 4.90 Å². The van der Waals surface area contributed by atoms with Crippen molar-refractivity contribution in [2.75, 3.05) is 13.2 Å². The van der Waals surface area contributed by atoms with Gasteiger partial charge in [-0.25, -0.2) is 4.99 Å². The lowest BCUT2D eigenvalue weighted by molar-refractivity contribution is -0.143. The monoisotopic (exact) mass is 576 g/mol. The van der Waals surface area contributed by atoms with Gasteiger partial charge in [-0.05, 0) is 81.2 Å². The lowest BCUT2D eigenvalue weighted by Crippen LogP contribution is -2.50. The molecule has 0 bridgehead atoms. The number of nitrogens with two attached hydrogens (primary N) is 1. The van der Waals surface area contributed by atoms with Crippen LogP contribution in [0.1, 0.15) is 76.2 Å². The highest BCUT2D eigenvalue weighted by Crippen LogP contribution is 2.37. The summed E-state index contributed by atoms with van der Waals surface area (Å²) < 4.78 is 6.09. The molecule has 9 nitrogen and oxygen atoms in total. The molecule has 1 heterocycles. The number of carbonyl (C=O) groups excluding carboxylic acids is 1. The number of hydrogen-bond acceptors (Lipinski definition) is 7. The Kier molecular flexibility index (Phi) is 10.00. The third kappa shape index (κ3) is 7.24. The molecule has 0 unspecified atom stereocenters. The number of aliphatic carboxylic acids is 1. The van der Waals surface area contributed by atoms with Crippen LogP contribution in [0.4, 0.5) is 5.69 Å². The topological polar surface area (TPSA) is 129 Å². The average Bonchev–Trinajstić information content (AvgIpc) is 3.01. The predicted octanol–water partition coefficient (Wildman–Crippen LogP) is 5.43. The molecule has 9 heteroatoms. The van der Waals surface area contributed by atoms with Crippen molar-refractivity contribution in [2.45, 2.75) is 89.3 Å². The average molecular weight is 577 g/mol. The molecule has 2 fully saturated rings. The summed E-state index contributed by atoms with van der Waals surface area (Å²) in [5.74, 6) is 1.35. The Morgan fingerprint density at radius 3 is 2.43 bits per heavy atom. The fraction of sp³-hybridized carbons (Fsp3) is 0.545. The van der Waals surface area contributed by atoms with Crippen LogP contribution >= 0.6 is 0 Å². The van der Waals surface area contributed by atoms with Crippen molar-refractivity contribution in [3.8, 4) is 11.5 Å². The summed E-state index contributed by atoms with van der Waals surface area (Å²) in [5, 5.41) is 19.1. The summed E-state index contributed by atoms with van der Waals surface area (Å²) in [6.07, 6.45) is 9.25. The molecule has 3 aliphatic rings. The predicted molar refractivity (Wildman–Crippen MR) is 162 cm³/mol. The van der Waals surface area contributed by atoms with Gasteiger partial charge in [-0.1, -0.05) is 37.5 Å². The van der Waals surface area contributed by atoms with E-state index in [1.807, 2.05) is 48.5 Å². The van der Waals surface area contributed by atoms with E-state index in [0.717, 1.165) is 35.6 Å². The SMILES string of the molecule is NC1=Nc2ccc(Oc3ccccc3)cc2CN1[C@@H](CCC(=O)N(CCO)C1CCC(C(=O)O)CC1)C1CCCCC1. The van der Waals surface area contributed by atoms with Gasteiger partial charge < -0.3 is 30.5 Å². The molecule has 0 radical (unpaired) electrons. The highest BCUT2D eigenvalue weighted by atomic mass is 16.5. The molecular formula is C33H44N4O5. The maximum atomic E-state index is 13.6. The third-order valence-electron chi connectivity index (χ3n) is 9.30. The summed E-state index contributed by atoms with van der Waals surface area (Å²) in [7, 11) is 0. The van der Waals surface area contributed by atoms with Gasteiger partial charge in [0.2, 0.25) is 5.91 Å². The maximum absolute atomic E-state index is 13.6. The van der Waals surface area contributed by atoms with Crippen LogP contribution in [0.3, 0.4) is 0 Å². The minimum Gasteiger partial charge on any atom is -0.481 e. The number of ether oxygens (including phenoxy) is 1. The molecule has 0 spiro atoms. The number of carbonyl (C=O) groups is 2. The number of nitrogens with zero attached hydrogens (tertiary/aromatic N) is 3. The van der Waals surface area contributed by atoms with Gasteiger partial charge in [-0.2, -0.15) is 0 Å². The number of fused-ring (bicyclic) bond motifs is 1. The van der Waals surface area contributed by atoms with Crippen LogP contribution < -0.4 is 10.5 Å². The zero-order chi connectivity index (χ0) is 29.5. The molecule has 0 saturated heterocycles. The highest BCUT2D eigenvalue weighted by molar-refractivity contribution is 5.84. The highest BCUT2D eigenvalue weighted by Gasteiger charge is 2.35. The fourth-order valence-electron chi connectivity index (χ4n) is 7.06. The number of aliphatic hydroxyl groups is 1. The smallest absolute Gasteiger partial charge is 0.306 e. The third-order valence-corrected chi connectivity index (χ3v) is 9.30. The normalized spacial score (nSPS) is 21.6. The van der Waals surface area contributed by atoms with E-state index in [4.69, 9.17) is 15.5 Å². The van der Waals surface area contributed by atoms with E-state index < -0.39 is 5.97 Å². The Hall–Kier alpha value is -3.59. The number of guanidine groups is 1. The first-order valence-electron chi connectivity index (χ1n) is 15.5. The Morgan fingerprint density at radius 2 is 1.74 bits per heavy atom. The standard InChI is InChI=1S/C33H44N4O5/c34-33-35-29-16-15-28(42-27-9-5-2-6-10-27)21-25(29)22-37(33)30(23-7-3-1-4-8-23)17-18-31(39)36(19-20-38)26-13-11-24(12-14-26)32(40)41/h2,5-6,9-10,15-16,21,23-24,26,30,38H,1,3-4,7-8,11-14,17-20,22H2,(H2,34,35)(H,40,41)/t24?,26?,30-/m0/s1. The molecule has 2 aromatic rings. The number of aliphatic imine (C=N–C) groups is 1. The summed E-state index contributed by atoms with van der Waals surface area (Å²) in [4.78, 5) is 33.8. The van der Waals surface area contributed by atoms with Gasteiger partial charge >= 0.3 is 5.97 Å². The molecule has 1 atom stereocenters. The first-order valence-corrected chi connectivity index (χ1v) is 15.5. The van der Waals surface area contributed by atoms with E-state index in [1.54, 1.807) is 4.90 Å². The minimum atomic E-state index is -0.759. The van der Waals surface area contributed by atoms with E-state index >= 15 is 0 Å². The number of aliphatic hydroxyl groups excluding tert-OH is 1. The number of amides is 1. The molecule has 4 N–H and O–H groups in total. The first kappa shape index (κ1) is 29.9. The van der Waals surface area contributed by atoms with Gasteiger partial charge in [-0.3, -0.25) is 9.59 Å². The molecule has 1 aliphatic heterocycles. The van der Waals surface area contributed by atoms with Gasteiger partial charge in [0.25, 0.3) is 0 Å². The molecule has 2 aromatic carbocycles. The van der Waals surface area contributed by atoms with Crippen LogP contribution in [0.5, 0.6) is 11.5 Å². The fourth-order valence-corrected chi connectivity index (χ4v) is 7.06. The second kappa shape index (κ2) is 14.1. The minimum absolute atomic E-state index is 0.0232. The summed E-state index contributed by atoms with van der Waals surface area (Å²) in [5.41, 5.74) is 8.48. The Labute approximate surface area is 248 Å². The van der Waals surface area contributed by atoms with Crippen molar-refractivity contribution >= 4 is 23.5 Å². The number of carboxylic acids is 1. The second-order valence-electron chi connectivity index (χ2n) is 12.0. The number of hydrogen-bond donors (Lipinski definition) is 3. The largest absolute Gasteiger partial charge is 0.481 e. The van der Waals surface area contributed by atoms with Crippen LogP contribution in [-0.2, 0) is 16.1 Å². The van der Waals surface area contributed by atoms with Gasteiger partial charge in [0.15, 0.2) is 5.96 Å². The number of rotatable bonds is 11. The lowest BCUT2D eigenvalue weighted by Gasteiger charge is -2.42. The van der Waals surface area contributed by atoms with E-state index in [0.29, 0.717) is 56.9 Å². The molecule has 2 aliphatic carbocycles. The Morgan fingerprint density at radius 1 is 1.00 bits per heavy atom. The lowest BCUT2D eigenvalue weighted by atomic mass is 9.81. The Balaban J connectivity index is 1.30. The zero-order valence-corrected chi connectivity index (χ0v) is 24.4. The van der Waals surface area contributed by atoms with Crippen LogP contribution in [0.25, 0.3) is 0 Å². The first-order chi connectivity index (χ1) is 20.4. The van der Waals surface area contributed by atoms with Crippen LogP contribution in [-0.4, -0.2) is 63.1 Å². The van der Waals surface area contributed by atoms with Gasteiger partial charge in [0.05, 0.1) is 18.2 Å². The molecular weight excluding hydrogens is 532 g/mol. The van der Waals surface area contributed by atoms with Crippen molar-refractivity contribution in [1.82, 2.24) is 9.80 Å². The van der Waals surface area contributed by atoms with Crippen molar-refractivity contribution < 1.29 is 24.5 Å². The van der Waals surface area contributed by atoms with Crippen LogP contribution in [0.15, 0.2) is 53.5 Å². The van der Waals surface area contributed by atoms with Gasteiger partial charge in [0.1, 0.15) is 11.5 Å². The van der Waals surface area contributed by atoms with Gasteiger partial charge in [0, 0.05) is 37.2 Å². The van der Waals surface area contributed by atoms with E-state index in [9.17, 15) is 19.8 Å². The molecule has 0 aromatic heterocycles. The van der Waals surface area contributed by atoms with Gasteiger partial charge in [-0.15, -0.1) is 0 Å². The van der Waals surface area contributed by atoms with Crippen molar-refractivity contribution in [1.29, 1.82) is 0 Å². The zero-order valence-electron chi connectivity index (χ0n) is 24.4. The number of carboxylic acid groups (broad SMARTS) is 1. The van der Waals surface area contributed by atoms with Crippen LogP contribution in [0.2, 0.25) is 0 Å². The molecule has 2 saturated carbocycles. The van der Waals surface area contributed by atoms with E-state index in [1.165, 1.54) is 19.3 Å². The summed E-state index contributed by atoms with van der Waals surface area (Å²) in [6.45, 7) is 0.776. The molecule has 5 rings (SSSR count). The maximum Gasteiger partial charge on any atom is 0.306 e. The van der Waals surface area contributed by atoms with Crippen LogP contribution in [0, 0.1) is 11.8 Å². The molecule has 226 valence electrons. The second-order valence-corrected chi connectivity index (χ2v) is 12.0.